The number of hydrogen-bond donors (Lipinski definition) is 3. The van der Waals surface area contributed by atoms with E-state index in [1.807, 2.05) is 27.2 Å². The highest BCUT2D eigenvalue weighted by atomic mass is 31.2. The molecule has 0 saturated carbocycles. The zero-order valence-electron chi connectivity index (χ0n) is 39.3. The molecule has 3 unspecified atom stereocenters. The minimum atomic E-state index is -4.33. The molecule has 0 heterocycles. The maximum absolute atomic E-state index is 12.8. The van der Waals surface area contributed by atoms with Gasteiger partial charge < -0.3 is 19.8 Å². The maximum Gasteiger partial charge on any atom is 0.472 e. The summed E-state index contributed by atoms with van der Waals surface area (Å²) in [7, 11) is 1.58. The van der Waals surface area contributed by atoms with Crippen molar-refractivity contribution in [2.24, 2.45) is 0 Å². The van der Waals surface area contributed by atoms with Crippen molar-refractivity contribution < 1.29 is 32.9 Å². The number of nitrogens with zero attached hydrogens (tertiary/aromatic N) is 1. The van der Waals surface area contributed by atoms with Crippen LogP contribution < -0.4 is 5.32 Å². The predicted octanol–water partition coefficient (Wildman–Crippen LogP) is 14.3. The Morgan fingerprint density at radius 1 is 0.569 bits per heavy atom. The van der Waals surface area contributed by atoms with Gasteiger partial charge in [0.25, 0.3) is 0 Å². The molecule has 0 aromatic carbocycles. The van der Waals surface area contributed by atoms with Crippen LogP contribution in [0.4, 0.5) is 0 Å². The van der Waals surface area contributed by atoms with Gasteiger partial charge in [-0.2, -0.15) is 0 Å². The van der Waals surface area contributed by atoms with Crippen molar-refractivity contribution in [2.75, 3.05) is 40.9 Å². The van der Waals surface area contributed by atoms with Crippen molar-refractivity contribution in [3.63, 3.8) is 0 Å². The summed E-state index contributed by atoms with van der Waals surface area (Å²) < 4.78 is 23.6. The molecule has 58 heavy (non-hydrogen) atoms. The van der Waals surface area contributed by atoms with Gasteiger partial charge in [0, 0.05) is 6.42 Å². The van der Waals surface area contributed by atoms with Crippen LogP contribution in [0.3, 0.4) is 0 Å². The van der Waals surface area contributed by atoms with E-state index in [-0.39, 0.29) is 19.1 Å². The first-order valence-corrected chi connectivity index (χ1v) is 26.6. The largest absolute Gasteiger partial charge is 0.472 e. The molecule has 3 atom stereocenters. The number of nitrogens with one attached hydrogen (secondary N) is 1. The lowest BCUT2D eigenvalue weighted by atomic mass is 10.0. The molecule has 0 aliphatic heterocycles. The first-order valence-electron chi connectivity index (χ1n) is 25.1. The Balaban J connectivity index is 4.18. The lowest BCUT2D eigenvalue weighted by Gasteiger charge is -2.25. The third kappa shape index (κ3) is 43.3. The van der Waals surface area contributed by atoms with E-state index in [4.69, 9.17) is 9.05 Å². The summed E-state index contributed by atoms with van der Waals surface area (Å²) in [6, 6.07) is -0.840. The first kappa shape index (κ1) is 57.2. The number of likely N-dealkylation sites (N-methyl/N-ethyl adjacent to an activating group) is 1. The van der Waals surface area contributed by atoms with E-state index in [1.165, 1.54) is 193 Å². The van der Waals surface area contributed by atoms with Crippen LogP contribution in [0.25, 0.3) is 0 Å². The highest BCUT2D eigenvalue weighted by Crippen LogP contribution is 2.43. The number of unbranched alkanes of at least 4 members (excludes halogenated alkanes) is 33. The minimum Gasteiger partial charge on any atom is -0.387 e. The smallest absolute Gasteiger partial charge is 0.387 e. The van der Waals surface area contributed by atoms with Crippen molar-refractivity contribution in [2.45, 2.75) is 257 Å². The van der Waals surface area contributed by atoms with Crippen LogP contribution in [-0.4, -0.2) is 73.4 Å². The van der Waals surface area contributed by atoms with E-state index in [2.05, 4.69) is 19.2 Å². The van der Waals surface area contributed by atoms with Crippen LogP contribution >= 0.6 is 7.82 Å². The van der Waals surface area contributed by atoms with Gasteiger partial charge in [-0.25, -0.2) is 4.57 Å². The zero-order valence-corrected chi connectivity index (χ0v) is 40.2. The number of amides is 1. The molecule has 1 amide bonds. The van der Waals surface area contributed by atoms with Crippen molar-refractivity contribution in [1.82, 2.24) is 5.32 Å². The number of carbonyl (C=O) groups is 1. The van der Waals surface area contributed by atoms with Gasteiger partial charge in [-0.15, -0.1) is 0 Å². The second kappa shape index (κ2) is 41.6. The molecule has 0 spiro atoms. The number of rotatable bonds is 46. The fraction of sp³-hybridized carbons (Fsp3) is 0.939. The zero-order chi connectivity index (χ0) is 42.8. The van der Waals surface area contributed by atoms with Crippen molar-refractivity contribution in [3.05, 3.63) is 12.2 Å². The quantitative estimate of drug-likeness (QED) is 0.0244. The molecule has 3 N–H and O–H groups in total. The summed E-state index contributed by atoms with van der Waals surface area (Å²) in [5.41, 5.74) is 0. The summed E-state index contributed by atoms with van der Waals surface area (Å²) >= 11 is 0. The van der Waals surface area contributed by atoms with Gasteiger partial charge in [-0.3, -0.25) is 13.8 Å². The Kier molecular flexibility index (Phi) is 41.0. The number of carbonyl (C=O) groups excluding carboxylic acids is 1. The molecular weight excluding hydrogens is 744 g/mol. The molecule has 0 rings (SSSR count). The van der Waals surface area contributed by atoms with Crippen LogP contribution in [0, 0.1) is 0 Å². The van der Waals surface area contributed by atoms with Gasteiger partial charge in [0.1, 0.15) is 13.2 Å². The topological polar surface area (TPSA) is 105 Å². The third-order valence-corrected chi connectivity index (χ3v) is 12.5. The van der Waals surface area contributed by atoms with E-state index in [1.54, 1.807) is 6.08 Å². The highest BCUT2D eigenvalue weighted by Gasteiger charge is 2.27. The normalized spacial score (nSPS) is 14.3. The first-order chi connectivity index (χ1) is 28.0. The third-order valence-electron chi connectivity index (χ3n) is 11.5. The second-order valence-electron chi connectivity index (χ2n) is 18.6. The Bertz CT molecular complexity index is 958. The number of aliphatic hydroxyl groups is 1. The SMILES string of the molecule is CCCCCCCCCCCCCCCCCCCCCCCCC/C=C/C(O)C(COP(=O)(O)OCC[N+](C)(C)C)NC(=O)CCCCCCCCCCCCC. The fourth-order valence-electron chi connectivity index (χ4n) is 7.51. The molecule has 0 fully saturated rings. The Hall–Kier alpha value is -0.760. The molecular formula is C49H100N2O6P+. The number of quaternary nitrogens is 1. The van der Waals surface area contributed by atoms with Gasteiger partial charge in [0.15, 0.2) is 0 Å². The number of allylic oxidation sites excluding steroid dienone is 1. The lowest BCUT2D eigenvalue weighted by molar-refractivity contribution is -0.870. The average molecular weight is 844 g/mol. The molecule has 0 saturated heterocycles. The van der Waals surface area contributed by atoms with Gasteiger partial charge >= 0.3 is 7.82 Å². The summed E-state index contributed by atoms with van der Waals surface area (Å²) in [6.07, 6.45) is 48.7. The van der Waals surface area contributed by atoms with Gasteiger partial charge in [0.05, 0.1) is 39.9 Å². The van der Waals surface area contributed by atoms with Crippen molar-refractivity contribution in [1.29, 1.82) is 0 Å². The van der Waals surface area contributed by atoms with Crippen LogP contribution in [0.5, 0.6) is 0 Å². The van der Waals surface area contributed by atoms with Crippen LogP contribution in [0.1, 0.15) is 245 Å². The summed E-state index contributed by atoms with van der Waals surface area (Å²) in [6.45, 7) is 4.83. The van der Waals surface area contributed by atoms with Crippen LogP contribution in [0.2, 0.25) is 0 Å². The molecule has 0 aromatic rings. The van der Waals surface area contributed by atoms with E-state index < -0.39 is 20.0 Å². The molecule has 346 valence electrons. The van der Waals surface area contributed by atoms with E-state index >= 15 is 0 Å². The lowest BCUT2D eigenvalue weighted by Crippen LogP contribution is -2.45. The molecule has 0 aromatic heterocycles. The molecule has 0 aliphatic carbocycles. The number of phosphoric acid groups is 1. The standard InChI is InChI=1S/C49H99N2O6P/c1-6-8-10-12-14-16-18-19-20-21-22-23-24-25-26-27-28-29-30-31-33-34-36-38-40-42-48(52)47(46-57-58(54,55)56-45-44-51(3,4)5)50-49(53)43-41-39-37-35-32-17-15-13-11-9-7-2/h40,42,47-48,52H,6-39,41,43-46H2,1-5H3,(H-,50,53,54,55)/p+1/b42-40+. The maximum atomic E-state index is 12.8. The summed E-state index contributed by atoms with van der Waals surface area (Å²) in [5, 5.41) is 13.9. The van der Waals surface area contributed by atoms with E-state index in [0.717, 1.165) is 32.1 Å². The Morgan fingerprint density at radius 3 is 1.28 bits per heavy atom. The molecule has 9 heteroatoms. The summed E-state index contributed by atoms with van der Waals surface area (Å²) in [4.78, 5) is 23.1. The van der Waals surface area contributed by atoms with Crippen molar-refractivity contribution in [3.8, 4) is 0 Å². The molecule has 0 aliphatic rings. The number of aliphatic hydroxyl groups excluding tert-OH is 1. The molecule has 8 nitrogen and oxygen atoms in total. The van der Waals surface area contributed by atoms with Gasteiger partial charge in [-0.1, -0.05) is 231 Å². The molecule has 0 bridgehead atoms. The van der Waals surface area contributed by atoms with Crippen LogP contribution in [-0.2, 0) is 18.4 Å². The number of phosphoric ester groups is 1. The highest BCUT2D eigenvalue weighted by molar-refractivity contribution is 7.47. The number of hydrogen-bond acceptors (Lipinski definition) is 5. The van der Waals surface area contributed by atoms with Crippen LogP contribution in [0.15, 0.2) is 12.2 Å². The Morgan fingerprint density at radius 2 is 0.914 bits per heavy atom. The van der Waals surface area contributed by atoms with E-state index in [9.17, 15) is 19.4 Å². The van der Waals surface area contributed by atoms with Crippen molar-refractivity contribution >= 4 is 13.7 Å². The van der Waals surface area contributed by atoms with Gasteiger partial charge in [-0.05, 0) is 19.3 Å². The second-order valence-corrected chi connectivity index (χ2v) is 20.0. The van der Waals surface area contributed by atoms with Gasteiger partial charge in [0.2, 0.25) is 5.91 Å². The summed E-state index contributed by atoms with van der Waals surface area (Å²) in [5.74, 6) is -0.175. The predicted molar refractivity (Wildman–Crippen MR) is 249 cm³/mol. The minimum absolute atomic E-state index is 0.0647. The molecule has 0 radical (unpaired) electrons. The monoisotopic (exact) mass is 844 g/mol. The Labute approximate surface area is 361 Å². The van der Waals surface area contributed by atoms with E-state index in [0.29, 0.717) is 17.4 Å². The average Bonchev–Trinajstić information content (AvgIpc) is 3.17. The fourth-order valence-corrected chi connectivity index (χ4v) is 8.25.